The summed E-state index contributed by atoms with van der Waals surface area (Å²) in [6.07, 6.45) is 4.86. The zero-order valence-corrected chi connectivity index (χ0v) is 17.0. The van der Waals surface area contributed by atoms with E-state index in [-0.39, 0.29) is 17.9 Å². The third-order valence-electron chi connectivity index (χ3n) is 4.68. The van der Waals surface area contributed by atoms with Gasteiger partial charge in [-0.25, -0.2) is 9.97 Å². The first-order chi connectivity index (χ1) is 14.5. The first-order valence-corrected chi connectivity index (χ1v) is 9.71. The monoisotopic (exact) mass is 402 g/mol. The van der Waals surface area contributed by atoms with Crippen molar-refractivity contribution >= 4 is 5.91 Å². The summed E-state index contributed by atoms with van der Waals surface area (Å²) in [7, 11) is 0. The number of hydrogen-bond acceptors (Lipinski definition) is 6. The summed E-state index contributed by atoms with van der Waals surface area (Å²) in [5.74, 6) is 1.60. The van der Waals surface area contributed by atoms with Gasteiger partial charge in [-0.05, 0) is 24.6 Å². The predicted octanol–water partition coefficient (Wildman–Crippen LogP) is 3.93. The Bertz CT molecular complexity index is 1150. The second-order valence-corrected chi connectivity index (χ2v) is 7.29. The molecule has 4 rings (SSSR count). The van der Waals surface area contributed by atoms with Gasteiger partial charge in [0, 0.05) is 23.9 Å². The maximum absolute atomic E-state index is 12.6. The molecule has 0 radical (unpaired) electrons. The van der Waals surface area contributed by atoms with E-state index in [0.29, 0.717) is 23.2 Å². The van der Waals surface area contributed by atoms with Crippen molar-refractivity contribution in [2.24, 2.45) is 0 Å². The van der Waals surface area contributed by atoms with Crippen LogP contribution in [-0.2, 0) is 0 Å². The maximum Gasteiger partial charge on any atom is 0.271 e. The van der Waals surface area contributed by atoms with Gasteiger partial charge in [0.05, 0.1) is 6.04 Å². The molecule has 0 unspecified atom stereocenters. The number of hydrogen-bond donors (Lipinski definition) is 1. The van der Waals surface area contributed by atoms with Gasteiger partial charge in [0.2, 0.25) is 0 Å². The van der Waals surface area contributed by atoms with Gasteiger partial charge in [0.25, 0.3) is 11.8 Å². The second-order valence-electron chi connectivity index (χ2n) is 7.29. The summed E-state index contributed by atoms with van der Waals surface area (Å²) >= 11 is 0. The van der Waals surface area contributed by atoms with Crippen molar-refractivity contribution in [2.75, 3.05) is 0 Å². The quantitative estimate of drug-likeness (QED) is 0.525. The van der Waals surface area contributed by atoms with Gasteiger partial charge < -0.3 is 9.84 Å². The fourth-order valence-corrected chi connectivity index (χ4v) is 2.94. The smallest absolute Gasteiger partial charge is 0.271 e. The van der Waals surface area contributed by atoms with Gasteiger partial charge in [-0.15, -0.1) is 0 Å². The fourth-order valence-electron chi connectivity index (χ4n) is 2.94. The van der Waals surface area contributed by atoms with Crippen molar-refractivity contribution in [3.8, 4) is 17.3 Å². The van der Waals surface area contributed by atoms with Crippen LogP contribution in [0.3, 0.4) is 0 Å². The molecule has 0 saturated carbocycles. The molecule has 0 aliphatic rings. The average molecular weight is 402 g/mol. The number of pyridine rings is 1. The standard InChI is InChI=1S/C22H22N6O2/c1-14(2)20-26-22(30-27-20)17-9-10-23-19(11-17)28-12-18(24-13-28)21(29)25-15(3)16-7-5-4-6-8-16/h4-15H,1-3H3,(H,25,29)/t15-/m1/s1. The lowest BCUT2D eigenvalue weighted by Crippen LogP contribution is -2.26. The summed E-state index contributed by atoms with van der Waals surface area (Å²) in [6, 6.07) is 13.3. The Kier molecular flexibility index (Phi) is 5.38. The Morgan fingerprint density at radius 3 is 2.63 bits per heavy atom. The molecule has 0 aliphatic heterocycles. The number of nitrogens with one attached hydrogen (secondary N) is 1. The van der Waals surface area contributed by atoms with Crippen LogP contribution in [0, 0.1) is 0 Å². The van der Waals surface area contributed by atoms with Crippen molar-refractivity contribution < 1.29 is 9.32 Å². The highest BCUT2D eigenvalue weighted by atomic mass is 16.5. The Morgan fingerprint density at radius 1 is 1.10 bits per heavy atom. The molecule has 0 spiro atoms. The summed E-state index contributed by atoms with van der Waals surface area (Å²) < 4.78 is 7.04. The van der Waals surface area contributed by atoms with Crippen LogP contribution < -0.4 is 5.32 Å². The van der Waals surface area contributed by atoms with Crippen molar-refractivity contribution in [3.05, 3.63) is 78.3 Å². The van der Waals surface area contributed by atoms with Crippen LogP contribution in [0.1, 0.15) is 54.6 Å². The van der Waals surface area contributed by atoms with Crippen LogP contribution in [0.25, 0.3) is 17.3 Å². The van der Waals surface area contributed by atoms with E-state index in [1.807, 2.05) is 57.2 Å². The molecule has 3 aromatic heterocycles. The molecule has 1 amide bonds. The zero-order chi connectivity index (χ0) is 21.1. The van der Waals surface area contributed by atoms with Crippen molar-refractivity contribution in [2.45, 2.75) is 32.7 Å². The largest absolute Gasteiger partial charge is 0.344 e. The fraction of sp³-hybridized carbons (Fsp3) is 0.227. The van der Waals surface area contributed by atoms with Crippen molar-refractivity contribution in [3.63, 3.8) is 0 Å². The van der Waals surface area contributed by atoms with Gasteiger partial charge in [0.15, 0.2) is 5.82 Å². The minimum Gasteiger partial charge on any atom is -0.344 e. The molecule has 152 valence electrons. The number of benzene rings is 1. The van der Waals surface area contributed by atoms with Crippen molar-refractivity contribution in [1.29, 1.82) is 0 Å². The lowest BCUT2D eigenvalue weighted by molar-refractivity contribution is 0.0935. The first-order valence-electron chi connectivity index (χ1n) is 9.71. The predicted molar refractivity (Wildman–Crippen MR) is 111 cm³/mol. The summed E-state index contributed by atoms with van der Waals surface area (Å²) in [6.45, 7) is 5.94. The molecule has 30 heavy (non-hydrogen) atoms. The van der Waals surface area contributed by atoms with E-state index >= 15 is 0 Å². The van der Waals surface area contributed by atoms with Crippen LogP contribution >= 0.6 is 0 Å². The van der Waals surface area contributed by atoms with E-state index in [9.17, 15) is 4.79 Å². The molecule has 8 heteroatoms. The lowest BCUT2D eigenvalue weighted by atomic mass is 10.1. The highest BCUT2D eigenvalue weighted by Gasteiger charge is 2.16. The van der Waals surface area contributed by atoms with Gasteiger partial charge >= 0.3 is 0 Å². The molecule has 0 bridgehead atoms. The average Bonchev–Trinajstić information content (AvgIpc) is 3.45. The van der Waals surface area contributed by atoms with Crippen LogP contribution in [0.5, 0.6) is 0 Å². The Morgan fingerprint density at radius 2 is 1.90 bits per heavy atom. The third-order valence-corrected chi connectivity index (χ3v) is 4.68. The van der Waals surface area contributed by atoms with Gasteiger partial charge in [-0.1, -0.05) is 49.3 Å². The molecule has 8 nitrogen and oxygen atoms in total. The van der Waals surface area contributed by atoms with Gasteiger partial charge in [0.1, 0.15) is 17.8 Å². The maximum atomic E-state index is 12.6. The lowest BCUT2D eigenvalue weighted by Gasteiger charge is -2.13. The Hall–Kier alpha value is -3.81. The van der Waals surface area contributed by atoms with E-state index in [1.54, 1.807) is 29.4 Å². The molecular formula is C22H22N6O2. The minimum atomic E-state index is -0.250. The number of nitrogens with zero attached hydrogens (tertiary/aromatic N) is 5. The molecular weight excluding hydrogens is 380 g/mol. The number of carbonyl (C=O) groups excluding carboxylic acids is 1. The van der Waals surface area contributed by atoms with Gasteiger partial charge in [-0.3, -0.25) is 9.36 Å². The Labute approximate surface area is 174 Å². The van der Waals surface area contributed by atoms with Crippen LogP contribution in [0.15, 0.2) is 65.7 Å². The van der Waals surface area contributed by atoms with E-state index < -0.39 is 0 Å². The molecule has 1 N–H and O–H groups in total. The number of imidazole rings is 1. The highest BCUT2D eigenvalue weighted by Crippen LogP contribution is 2.21. The number of carbonyl (C=O) groups is 1. The van der Waals surface area contributed by atoms with Crippen LogP contribution in [-0.4, -0.2) is 30.6 Å². The topological polar surface area (TPSA) is 98.7 Å². The summed E-state index contributed by atoms with van der Waals surface area (Å²) in [4.78, 5) is 25.6. The molecule has 0 saturated heterocycles. The number of amides is 1. The molecule has 0 fully saturated rings. The third kappa shape index (κ3) is 4.12. The summed E-state index contributed by atoms with van der Waals surface area (Å²) in [5.41, 5.74) is 2.08. The minimum absolute atomic E-state index is 0.127. The molecule has 3 heterocycles. The highest BCUT2D eigenvalue weighted by molar-refractivity contribution is 5.92. The summed E-state index contributed by atoms with van der Waals surface area (Å²) in [5, 5.41) is 6.96. The van der Waals surface area contributed by atoms with E-state index in [2.05, 4.69) is 25.4 Å². The van der Waals surface area contributed by atoms with E-state index in [4.69, 9.17) is 4.52 Å². The molecule has 1 aromatic carbocycles. The zero-order valence-electron chi connectivity index (χ0n) is 17.0. The van der Waals surface area contributed by atoms with Crippen molar-refractivity contribution in [1.82, 2.24) is 30.0 Å². The van der Waals surface area contributed by atoms with E-state index in [1.165, 1.54) is 0 Å². The second kappa shape index (κ2) is 8.28. The number of aromatic nitrogens is 5. The van der Waals surface area contributed by atoms with Crippen LogP contribution in [0.4, 0.5) is 0 Å². The molecule has 0 aliphatic carbocycles. The van der Waals surface area contributed by atoms with E-state index in [0.717, 1.165) is 11.1 Å². The number of rotatable bonds is 6. The SMILES string of the molecule is CC(C)c1noc(-c2ccnc(-n3cnc(C(=O)N[C@H](C)c4ccccc4)c3)c2)n1. The van der Waals surface area contributed by atoms with Gasteiger partial charge in [-0.2, -0.15) is 4.98 Å². The molecule has 4 aromatic rings. The molecule has 1 atom stereocenters. The first kappa shape index (κ1) is 19.5. The Balaban J connectivity index is 1.51. The normalized spacial score (nSPS) is 12.1. The van der Waals surface area contributed by atoms with Crippen LogP contribution in [0.2, 0.25) is 0 Å².